The van der Waals surface area contributed by atoms with Crippen LogP contribution in [0.1, 0.15) is 21.9 Å². The van der Waals surface area contributed by atoms with Crippen LogP contribution in [0.25, 0.3) is 0 Å². The predicted octanol–water partition coefficient (Wildman–Crippen LogP) is 0.330. The first-order valence-corrected chi connectivity index (χ1v) is 6.19. The summed E-state index contributed by atoms with van der Waals surface area (Å²) in [5.41, 5.74) is 0.740. The van der Waals surface area contributed by atoms with E-state index in [4.69, 9.17) is 14.9 Å². The molecule has 3 N–H and O–H groups in total. The molecule has 17 heavy (non-hydrogen) atoms. The van der Waals surface area contributed by atoms with Crippen molar-refractivity contribution >= 4 is 17.3 Å². The van der Waals surface area contributed by atoms with Crippen LogP contribution in [0.3, 0.4) is 0 Å². The molecule has 0 unspecified atom stereocenters. The molecule has 1 aromatic rings. The van der Waals surface area contributed by atoms with E-state index in [-0.39, 0.29) is 11.6 Å². The van der Waals surface area contributed by atoms with Gasteiger partial charge in [0.15, 0.2) is 0 Å². The van der Waals surface area contributed by atoms with Gasteiger partial charge in [-0.2, -0.15) is 0 Å². The number of aliphatic hydroxyl groups excluding tert-OH is 1. The largest absolute Gasteiger partial charge is 0.476 e. The Balaban J connectivity index is 2.07. The summed E-state index contributed by atoms with van der Waals surface area (Å²) >= 11 is 1.13. The second-order valence-corrected chi connectivity index (χ2v) is 4.17. The summed E-state index contributed by atoms with van der Waals surface area (Å²) in [5.74, 6) is -0.987. The van der Waals surface area contributed by atoms with Crippen LogP contribution in [0.15, 0.2) is 5.38 Å². The van der Waals surface area contributed by atoms with Crippen LogP contribution in [0.4, 0.5) is 0 Å². The lowest BCUT2D eigenvalue weighted by Crippen LogP contribution is -2.17. The number of carbonyl (C=O) groups is 1. The summed E-state index contributed by atoms with van der Waals surface area (Å²) in [7, 11) is 0. The number of aromatic carboxylic acids is 1. The standard InChI is InChI=1S/C10H16N2O4S/c13-3-5-16-4-1-2-11-6-8-7-17-9(12-8)10(14)15/h7,11,13H,1-6H2,(H,14,15). The number of carboxylic acid groups (broad SMARTS) is 1. The van der Waals surface area contributed by atoms with Crippen molar-refractivity contribution in [1.29, 1.82) is 0 Å². The van der Waals surface area contributed by atoms with Gasteiger partial charge in [-0.3, -0.25) is 0 Å². The molecule has 0 aliphatic rings. The number of aromatic nitrogens is 1. The fraction of sp³-hybridized carbons (Fsp3) is 0.600. The highest BCUT2D eigenvalue weighted by Gasteiger charge is 2.07. The quantitative estimate of drug-likeness (QED) is 0.554. The smallest absolute Gasteiger partial charge is 0.365 e. The highest BCUT2D eigenvalue weighted by molar-refractivity contribution is 7.11. The van der Waals surface area contributed by atoms with Crippen molar-refractivity contribution in [1.82, 2.24) is 10.3 Å². The van der Waals surface area contributed by atoms with Gasteiger partial charge in [0.2, 0.25) is 5.01 Å². The maximum atomic E-state index is 10.6. The molecule has 0 bridgehead atoms. The molecule has 7 heteroatoms. The van der Waals surface area contributed by atoms with E-state index in [0.717, 1.165) is 30.0 Å². The number of thiazole rings is 1. The minimum atomic E-state index is -0.987. The minimum absolute atomic E-state index is 0.0459. The molecule has 0 aromatic carbocycles. The van der Waals surface area contributed by atoms with Crippen LogP contribution in [0, 0.1) is 0 Å². The number of hydrogen-bond donors (Lipinski definition) is 3. The Hall–Kier alpha value is -1.02. The zero-order valence-corrected chi connectivity index (χ0v) is 10.2. The van der Waals surface area contributed by atoms with Gasteiger partial charge < -0.3 is 20.3 Å². The molecule has 0 aliphatic carbocycles. The Kier molecular flexibility index (Phi) is 6.71. The molecule has 0 radical (unpaired) electrons. The van der Waals surface area contributed by atoms with E-state index in [1.807, 2.05) is 0 Å². The lowest BCUT2D eigenvalue weighted by atomic mass is 10.4. The third kappa shape index (κ3) is 5.73. The molecular formula is C10H16N2O4S. The van der Waals surface area contributed by atoms with Crippen LogP contribution in [0.5, 0.6) is 0 Å². The Morgan fingerprint density at radius 2 is 2.35 bits per heavy atom. The van der Waals surface area contributed by atoms with Crippen molar-refractivity contribution in [2.75, 3.05) is 26.4 Å². The van der Waals surface area contributed by atoms with E-state index >= 15 is 0 Å². The molecule has 1 rings (SSSR count). The van der Waals surface area contributed by atoms with E-state index in [9.17, 15) is 4.79 Å². The zero-order chi connectivity index (χ0) is 12.5. The van der Waals surface area contributed by atoms with E-state index in [2.05, 4.69) is 10.3 Å². The van der Waals surface area contributed by atoms with Gasteiger partial charge >= 0.3 is 5.97 Å². The van der Waals surface area contributed by atoms with Crippen LogP contribution < -0.4 is 5.32 Å². The Bertz CT molecular complexity index is 343. The third-order valence-corrected chi connectivity index (χ3v) is 2.80. The zero-order valence-electron chi connectivity index (χ0n) is 9.39. The molecule has 0 amide bonds. The molecule has 0 aliphatic heterocycles. The predicted molar refractivity (Wildman–Crippen MR) is 63.3 cm³/mol. The summed E-state index contributed by atoms with van der Waals surface area (Å²) in [5, 5.41) is 22.1. The van der Waals surface area contributed by atoms with Crippen LogP contribution in [0.2, 0.25) is 0 Å². The SMILES string of the molecule is O=C(O)c1nc(CNCCCOCCO)cs1. The first-order chi connectivity index (χ1) is 8.24. The average molecular weight is 260 g/mol. The molecule has 0 saturated carbocycles. The number of ether oxygens (including phenoxy) is 1. The highest BCUT2D eigenvalue weighted by Crippen LogP contribution is 2.08. The summed E-state index contributed by atoms with van der Waals surface area (Å²) in [6.07, 6.45) is 0.843. The van der Waals surface area contributed by atoms with Crippen LogP contribution >= 0.6 is 11.3 Å². The first-order valence-electron chi connectivity index (χ1n) is 5.31. The van der Waals surface area contributed by atoms with Crippen molar-refractivity contribution in [2.24, 2.45) is 0 Å². The summed E-state index contributed by atoms with van der Waals surface area (Å²) in [4.78, 5) is 14.5. The molecule has 96 valence electrons. The lowest BCUT2D eigenvalue weighted by molar-refractivity contribution is 0.0696. The lowest BCUT2D eigenvalue weighted by Gasteiger charge is -2.03. The van der Waals surface area contributed by atoms with Crippen molar-refractivity contribution in [3.63, 3.8) is 0 Å². The fourth-order valence-electron chi connectivity index (χ4n) is 1.17. The van der Waals surface area contributed by atoms with Gasteiger partial charge in [0, 0.05) is 18.5 Å². The second-order valence-electron chi connectivity index (χ2n) is 3.32. The third-order valence-electron chi connectivity index (χ3n) is 1.92. The number of nitrogens with zero attached hydrogens (tertiary/aromatic N) is 1. The average Bonchev–Trinajstić information content (AvgIpc) is 2.77. The molecule has 1 aromatic heterocycles. The summed E-state index contributed by atoms with van der Waals surface area (Å²) in [6, 6.07) is 0. The molecule has 0 spiro atoms. The van der Waals surface area contributed by atoms with Crippen LogP contribution in [-0.4, -0.2) is 47.5 Å². The van der Waals surface area contributed by atoms with Gasteiger partial charge in [-0.05, 0) is 13.0 Å². The second kappa shape index (κ2) is 8.13. The van der Waals surface area contributed by atoms with Crippen molar-refractivity contribution in [3.05, 3.63) is 16.1 Å². The summed E-state index contributed by atoms with van der Waals surface area (Å²) < 4.78 is 5.09. The van der Waals surface area contributed by atoms with Crippen molar-refractivity contribution in [2.45, 2.75) is 13.0 Å². The molecule has 0 fully saturated rings. The topological polar surface area (TPSA) is 91.7 Å². The van der Waals surface area contributed by atoms with Gasteiger partial charge in [-0.25, -0.2) is 9.78 Å². The van der Waals surface area contributed by atoms with Gasteiger partial charge in [0.05, 0.1) is 18.9 Å². The number of rotatable bonds is 9. The van der Waals surface area contributed by atoms with E-state index in [1.165, 1.54) is 0 Å². The van der Waals surface area contributed by atoms with Crippen molar-refractivity contribution in [3.8, 4) is 0 Å². The first kappa shape index (κ1) is 14.0. The van der Waals surface area contributed by atoms with Gasteiger partial charge in [-0.1, -0.05) is 0 Å². The van der Waals surface area contributed by atoms with E-state index in [0.29, 0.717) is 19.8 Å². The molecule has 1 heterocycles. The molecular weight excluding hydrogens is 244 g/mol. The number of carboxylic acids is 1. The monoisotopic (exact) mass is 260 g/mol. The number of aliphatic hydroxyl groups is 1. The number of nitrogens with one attached hydrogen (secondary N) is 1. The van der Waals surface area contributed by atoms with Crippen LogP contribution in [-0.2, 0) is 11.3 Å². The Labute approximate surface area is 103 Å². The fourth-order valence-corrected chi connectivity index (χ4v) is 1.82. The van der Waals surface area contributed by atoms with Crippen molar-refractivity contribution < 1.29 is 19.7 Å². The van der Waals surface area contributed by atoms with Gasteiger partial charge in [-0.15, -0.1) is 11.3 Å². The molecule has 0 saturated heterocycles. The van der Waals surface area contributed by atoms with Gasteiger partial charge in [0.1, 0.15) is 0 Å². The highest BCUT2D eigenvalue weighted by atomic mass is 32.1. The Morgan fingerprint density at radius 3 is 3.00 bits per heavy atom. The summed E-state index contributed by atoms with van der Waals surface area (Å²) in [6.45, 7) is 2.35. The maximum Gasteiger partial charge on any atom is 0.365 e. The normalized spacial score (nSPS) is 10.6. The van der Waals surface area contributed by atoms with E-state index in [1.54, 1.807) is 5.38 Å². The number of hydrogen-bond acceptors (Lipinski definition) is 6. The van der Waals surface area contributed by atoms with E-state index < -0.39 is 5.97 Å². The Morgan fingerprint density at radius 1 is 1.53 bits per heavy atom. The van der Waals surface area contributed by atoms with Gasteiger partial charge in [0.25, 0.3) is 0 Å². The maximum absolute atomic E-state index is 10.6. The minimum Gasteiger partial charge on any atom is -0.476 e. The molecule has 0 atom stereocenters. The molecule has 6 nitrogen and oxygen atoms in total.